The second kappa shape index (κ2) is 7.97. The zero-order valence-corrected chi connectivity index (χ0v) is 16.6. The number of amides is 3. The zero-order chi connectivity index (χ0) is 20.4. The minimum Gasteiger partial charge on any atom is -0.383 e. The Bertz CT molecular complexity index is 926. The number of primary amides is 1. The zero-order valence-electron chi connectivity index (χ0n) is 15.8. The molecule has 2 aromatic heterocycles. The number of likely N-dealkylation sites (tertiary alicyclic amines) is 1. The Labute approximate surface area is 166 Å². The summed E-state index contributed by atoms with van der Waals surface area (Å²) in [5.41, 5.74) is 12.2. The number of thiophene rings is 1. The van der Waals surface area contributed by atoms with Gasteiger partial charge in [-0.05, 0) is 49.4 Å². The fourth-order valence-electron chi connectivity index (χ4n) is 3.31. The van der Waals surface area contributed by atoms with Gasteiger partial charge in [-0.15, -0.1) is 11.3 Å². The summed E-state index contributed by atoms with van der Waals surface area (Å²) in [7, 11) is 0. The predicted octanol–water partition coefficient (Wildman–Crippen LogP) is 2.07. The van der Waals surface area contributed by atoms with Gasteiger partial charge in [0, 0.05) is 11.4 Å². The van der Waals surface area contributed by atoms with Gasteiger partial charge in [0.05, 0.1) is 22.8 Å². The van der Waals surface area contributed by atoms with Gasteiger partial charge in [0.15, 0.2) is 0 Å². The first-order chi connectivity index (χ1) is 13.3. The van der Waals surface area contributed by atoms with E-state index in [1.807, 2.05) is 6.92 Å². The summed E-state index contributed by atoms with van der Waals surface area (Å²) < 4.78 is 0. The number of pyridine rings is 1. The van der Waals surface area contributed by atoms with Crippen LogP contribution in [0.4, 0.5) is 11.5 Å². The van der Waals surface area contributed by atoms with Gasteiger partial charge in [-0.3, -0.25) is 14.4 Å². The Morgan fingerprint density at radius 1 is 1.29 bits per heavy atom. The number of carbonyl (C=O) groups is 3. The molecule has 2 aromatic rings. The molecule has 0 aliphatic carbocycles. The fraction of sp³-hybridized carbons (Fsp3) is 0.368. The van der Waals surface area contributed by atoms with Crippen LogP contribution < -0.4 is 16.8 Å². The SMILES string of the molecule is Cc1cc(NC(=O)C(=O)N2CC(C)CCC2c2ccc(C(N)=O)s2)cnc1N. The second-order valence-electron chi connectivity index (χ2n) is 7.10. The number of nitrogens with zero attached hydrogens (tertiary/aromatic N) is 2. The molecule has 1 aliphatic heterocycles. The number of aryl methyl sites for hydroxylation is 1. The summed E-state index contributed by atoms with van der Waals surface area (Å²) in [4.78, 5) is 43.7. The van der Waals surface area contributed by atoms with Crippen molar-refractivity contribution in [2.75, 3.05) is 17.6 Å². The van der Waals surface area contributed by atoms with Gasteiger partial charge in [0.25, 0.3) is 5.91 Å². The number of aromatic nitrogens is 1. The number of anilines is 2. The van der Waals surface area contributed by atoms with E-state index in [2.05, 4.69) is 10.3 Å². The van der Waals surface area contributed by atoms with Gasteiger partial charge in [-0.2, -0.15) is 0 Å². The number of hydrogen-bond acceptors (Lipinski definition) is 6. The van der Waals surface area contributed by atoms with Crippen LogP contribution in [0.2, 0.25) is 0 Å². The highest BCUT2D eigenvalue weighted by molar-refractivity contribution is 7.14. The molecule has 0 bridgehead atoms. The van der Waals surface area contributed by atoms with Crippen molar-refractivity contribution in [3.8, 4) is 0 Å². The predicted molar refractivity (Wildman–Crippen MR) is 108 cm³/mol. The third-order valence-corrected chi connectivity index (χ3v) is 6.05. The maximum atomic E-state index is 12.9. The van der Waals surface area contributed by atoms with Crippen LogP contribution in [0.15, 0.2) is 24.4 Å². The molecule has 0 saturated carbocycles. The number of nitrogen functional groups attached to an aromatic ring is 1. The molecule has 2 atom stereocenters. The quantitative estimate of drug-likeness (QED) is 0.678. The van der Waals surface area contributed by atoms with Crippen molar-refractivity contribution in [3.05, 3.63) is 39.7 Å². The highest BCUT2D eigenvalue weighted by Gasteiger charge is 2.35. The number of nitrogens with two attached hydrogens (primary N) is 2. The Hall–Kier alpha value is -2.94. The minimum atomic E-state index is -0.725. The van der Waals surface area contributed by atoms with E-state index in [9.17, 15) is 14.4 Å². The molecule has 0 aromatic carbocycles. The maximum Gasteiger partial charge on any atom is 0.313 e. The number of nitrogens with one attached hydrogen (secondary N) is 1. The molecule has 28 heavy (non-hydrogen) atoms. The maximum absolute atomic E-state index is 12.9. The second-order valence-corrected chi connectivity index (χ2v) is 8.22. The van der Waals surface area contributed by atoms with Gasteiger partial charge >= 0.3 is 11.8 Å². The van der Waals surface area contributed by atoms with Gasteiger partial charge < -0.3 is 21.7 Å². The number of rotatable bonds is 3. The number of hydrogen-bond donors (Lipinski definition) is 3. The van der Waals surface area contributed by atoms with E-state index < -0.39 is 17.7 Å². The summed E-state index contributed by atoms with van der Waals surface area (Å²) in [6.45, 7) is 4.29. The van der Waals surface area contributed by atoms with Gasteiger partial charge in [0.2, 0.25) is 0 Å². The van der Waals surface area contributed by atoms with Crippen molar-refractivity contribution in [2.24, 2.45) is 11.7 Å². The molecule has 9 heteroatoms. The number of piperidine rings is 1. The molecule has 5 N–H and O–H groups in total. The Morgan fingerprint density at radius 3 is 2.68 bits per heavy atom. The lowest BCUT2D eigenvalue weighted by Crippen LogP contribution is -2.46. The monoisotopic (exact) mass is 401 g/mol. The van der Waals surface area contributed by atoms with E-state index in [1.54, 1.807) is 30.0 Å². The largest absolute Gasteiger partial charge is 0.383 e. The minimum absolute atomic E-state index is 0.251. The van der Waals surface area contributed by atoms with E-state index in [0.29, 0.717) is 28.5 Å². The third kappa shape index (κ3) is 4.14. The van der Waals surface area contributed by atoms with E-state index in [1.165, 1.54) is 17.5 Å². The first kappa shape index (κ1) is 19.8. The standard InChI is InChI=1S/C19H23N5O3S/c1-10-3-4-13(14-5-6-15(28-14)17(21)25)24(9-10)19(27)18(26)23-12-7-11(2)16(20)22-8-12/h5-8,10,13H,3-4,9H2,1-2H3,(H2,20,22)(H2,21,25)(H,23,26). The van der Waals surface area contributed by atoms with Crippen molar-refractivity contribution in [3.63, 3.8) is 0 Å². The summed E-state index contributed by atoms with van der Waals surface area (Å²) in [6.07, 6.45) is 3.07. The Balaban J connectivity index is 1.79. The molecule has 3 rings (SSSR count). The average molecular weight is 401 g/mol. The van der Waals surface area contributed by atoms with E-state index >= 15 is 0 Å². The lowest BCUT2D eigenvalue weighted by molar-refractivity contribution is -0.146. The van der Waals surface area contributed by atoms with Crippen molar-refractivity contribution in [2.45, 2.75) is 32.7 Å². The first-order valence-electron chi connectivity index (χ1n) is 9.00. The molecule has 3 heterocycles. The Morgan fingerprint density at radius 2 is 2.04 bits per heavy atom. The van der Waals surface area contributed by atoms with Crippen molar-refractivity contribution in [1.29, 1.82) is 0 Å². The summed E-state index contributed by atoms with van der Waals surface area (Å²) in [5, 5.41) is 2.60. The lowest BCUT2D eigenvalue weighted by atomic mass is 9.93. The molecule has 0 spiro atoms. The van der Waals surface area contributed by atoms with Crippen LogP contribution >= 0.6 is 11.3 Å². The van der Waals surface area contributed by atoms with Gasteiger partial charge in [-0.1, -0.05) is 6.92 Å². The average Bonchev–Trinajstić information content (AvgIpc) is 3.14. The third-order valence-electron chi connectivity index (χ3n) is 4.85. The molecule has 1 aliphatic rings. The summed E-state index contributed by atoms with van der Waals surface area (Å²) in [5.74, 6) is -1.18. The molecule has 1 saturated heterocycles. The molecular weight excluding hydrogens is 378 g/mol. The van der Waals surface area contributed by atoms with E-state index in [0.717, 1.165) is 17.7 Å². The summed E-state index contributed by atoms with van der Waals surface area (Å²) in [6, 6.07) is 4.88. The smallest absolute Gasteiger partial charge is 0.313 e. The normalized spacial score (nSPS) is 19.3. The van der Waals surface area contributed by atoms with Crippen LogP contribution in [0.5, 0.6) is 0 Å². The molecule has 2 unspecified atom stereocenters. The van der Waals surface area contributed by atoms with Crippen LogP contribution in [0.3, 0.4) is 0 Å². The molecule has 1 fully saturated rings. The first-order valence-corrected chi connectivity index (χ1v) is 9.81. The molecule has 3 amide bonds. The molecule has 8 nitrogen and oxygen atoms in total. The van der Waals surface area contributed by atoms with E-state index in [4.69, 9.17) is 11.5 Å². The van der Waals surface area contributed by atoms with Gasteiger partial charge in [-0.25, -0.2) is 4.98 Å². The lowest BCUT2D eigenvalue weighted by Gasteiger charge is -2.37. The Kier molecular flexibility index (Phi) is 5.64. The van der Waals surface area contributed by atoms with Crippen LogP contribution in [-0.4, -0.2) is 34.2 Å². The number of carbonyl (C=O) groups excluding carboxylic acids is 3. The van der Waals surface area contributed by atoms with Crippen molar-refractivity contribution >= 4 is 40.6 Å². The molecule has 148 valence electrons. The van der Waals surface area contributed by atoms with Crippen LogP contribution in [0, 0.1) is 12.8 Å². The van der Waals surface area contributed by atoms with E-state index in [-0.39, 0.29) is 12.0 Å². The molecular formula is C19H23N5O3S. The highest BCUT2D eigenvalue weighted by atomic mass is 32.1. The van der Waals surface area contributed by atoms with Crippen molar-refractivity contribution < 1.29 is 14.4 Å². The fourth-order valence-corrected chi connectivity index (χ4v) is 4.31. The van der Waals surface area contributed by atoms with Crippen LogP contribution in [-0.2, 0) is 9.59 Å². The van der Waals surface area contributed by atoms with Crippen molar-refractivity contribution in [1.82, 2.24) is 9.88 Å². The highest BCUT2D eigenvalue weighted by Crippen LogP contribution is 2.36. The summed E-state index contributed by atoms with van der Waals surface area (Å²) >= 11 is 1.27. The van der Waals surface area contributed by atoms with Gasteiger partial charge in [0.1, 0.15) is 5.82 Å². The molecule has 0 radical (unpaired) electrons. The van der Waals surface area contributed by atoms with Crippen LogP contribution in [0.25, 0.3) is 0 Å². The topological polar surface area (TPSA) is 131 Å². The van der Waals surface area contributed by atoms with Crippen LogP contribution in [0.1, 0.15) is 45.9 Å².